The standard InChI is InChI=1S/C13H23N5O2/c1-11(18-10-15-9-16-18)13(19)17-6-3-12(4-7-17)20-8-2-5-14/h9-12H,2-8,14H2,1H3. The fourth-order valence-electron chi connectivity index (χ4n) is 2.37. The molecule has 2 heterocycles. The molecule has 1 fully saturated rings. The van der Waals surface area contributed by atoms with Gasteiger partial charge in [-0.3, -0.25) is 4.79 Å². The Morgan fingerprint density at radius 3 is 2.85 bits per heavy atom. The molecule has 7 nitrogen and oxygen atoms in total. The summed E-state index contributed by atoms with van der Waals surface area (Å²) in [5.41, 5.74) is 5.44. The van der Waals surface area contributed by atoms with Gasteiger partial charge in [-0.25, -0.2) is 9.67 Å². The number of carbonyl (C=O) groups is 1. The Labute approximate surface area is 119 Å². The Hall–Kier alpha value is -1.47. The number of carbonyl (C=O) groups excluding carboxylic acids is 1. The van der Waals surface area contributed by atoms with Gasteiger partial charge in [0.15, 0.2) is 0 Å². The molecule has 1 aromatic rings. The maximum Gasteiger partial charge on any atom is 0.247 e. The molecule has 1 aliphatic heterocycles. The van der Waals surface area contributed by atoms with Gasteiger partial charge in [0.2, 0.25) is 5.91 Å². The third-order valence-electron chi connectivity index (χ3n) is 3.65. The van der Waals surface area contributed by atoms with Crippen LogP contribution in [-0.2, 0) is 9.53 Å². The number of amides is 1. The van der Waals surface area contributed by atoms with Gasteiger partial charge in [-0.15, -0.1) is 0 Å². The number of piperidine rings is 1. The highest BCUT2D eigenvalue weighted by Gasteiger charge is 2.27. The van der Waals surface area contributed by atoms with E-state index in [9.17, 15) is 4.79 Å². The van der Waals surface area contributed by atoms with E-state index in [1.807, 2.05) is 11.8 Å². The van der Waals surface area contributed by atoms with Crippen LogP contribution in [0.15, 0.2) is 12.7 Å². The van der Waals surface area contributed by atoms with E-state index in [0.29, 0.717) is 13.2 Å². The Bertz CT molecular complexity index is 401. The lowest BCUT2D eigenvalue weighted by molar-refractivity contribution is -0.137. The molecule has 0 radical (unpaired) electrons. The first kappa shape index (κ1) is 14.9. The van der Waals surface area contributed by atoms with E-state index in [2.05, 4.69) is 10.1 Å². The lowest BCUT2D eigenvalue weighted by Crippen LogP contribution is -2.43. The zero-order chi connectivity index (χ0) is 14.4. The van der Waals surface area contributed by atoms with Crippen molar-refractivity contribution in [2.75, 3.05) is 26.2 Å². The number of rotatable bonds is 6. The van der Waals surface area contributed by atoms with Crippen molar-refractivity contribution in [3.8, 4) is 0 Å². The van der Waals surface area contributed by atoms with E-state index < -0.39 is 0 Å². The summed E-state index contributed by atoms with van der Waals surface area (Å²) in [6.45, 7) is 4.70. The highest BCUT2D eigenvalue weighted by atomic mass is 16.5. The Morgan fingerprint density at radius 2 is 2.25 bits per heavy atom. The van der Waals surface area contributed by atoms with Gasteiger partial charge in [0, 0.05) is 19.7 Å². The van der Waals surface area contributed by atoms with Crippen LogP contribution in [-0.4, -0.2) is 57.9 Å². The topological polar surface area (TPSA) is 86.3 Å². The van der Waals surface area contributed by atoms with Crippen LogP contribution in [0.3, 0.4) is 0 Å². The van der Waals surface area contributed by atoms with E-state index in [-0.39, 0.29) is 18.1 Å². The van der Waals surface area contributed by atoms with E-state index in [0.717, 1.165) is 32.4 Å². The molecule has 112 valence electrons. The molecular formula is C13H23N5O2. The summed E-state index contributed by atoms with van der Waals surface area (Å²) in [5, 5.41) is 4.02. The van der Waals surface area contributed by atoms with Gasteiger partial charge in [-0.05, 0) is 32.7 Å². The minimum absolute atomic E-state index is 0.0934. The number of nitrogens with zero attached hydrogens (tertiary/aromatic N) is 4. The fourth-order valence-corrected chi connectivity index (χ4v) is 2.37. The molecule has 7 heteroatoms. The van der Waals surface area contributed by atoms with Crippen LogP contribution in [0.2, 0.25) is 0 Å². The van der Waals surface area contributed by atoms with E-state index in [4.69, 9.17) is 10.5 Å². The first-order valence-electron chi connectivity index (χ1n) is 7.17. The molecule has 1 unspecified atom stereocenters. The maximum atomic E-state index is 12.3. The summed E-state index contributed by atoms with van der Waals surface area (Å²) in [6, 6.07) is -0.299. The summed E-state index contributed by atoms with van der Waals surface area (Å²) in [7, 11) is 0. The molecular weight excluding hydrogens is 258 g/mol. The first-order valence-corrected chi connectivity index (χ1v) is 7.17. The van der Waals surface area contributed by atoms with Crippen molar-refractivity contribution in [2.24, 2.45) is 5.73 Å². The van der Waals surface area contributed by atoms with Crippen LogP contribution in [0.4, 0.5) is 0 Å². The number of hydrogen-bond acceptors (Lipinski definition) is 5. The number of ether oxygens (including phenoxy) is 1. The Kier molecular flexibility index (Phi) is 5.49. The molecule has 1 aromatic heterocycles. The third-order valence-corrected chi connectivity index (χ3v) is 3.65. The smallest absolute Gasteiger partial charge is 0.247 e. The zero-order valence-corrected chi connectivity index (χ0v) is 11.9. The summed E-state index contributed by atoms with van der Waals surface area (Å²) >= 11 is 0. The normalized spacial score (nSPS) is 18.2. The third kappa shape index (κ3) is 3.77. The molecule has 1 aliphatic rings. The first-order chi connectivity index (χ1) is 9.72. The second kappa shape index (κ2) is 7.35. The summed E-state index contributed by atoms with van der Waals surface area (Å²) < 4.78 is 7.33. The molecule has 1 amide bonds. The lowest BCUT2D eigenvalue weighted by atomic mass is 10.1. The fraction of sp³-hybridized carbons (Fsp3) is 0.769. The van der Waals surface area contributed by atoms with Gasteiger partial charge in [-0.1, -0.05) is 0 Å². The van der Waals surface area contributed by atoms with Gasteiger partial charge in [-0.2, -0.15) is 5.10 Å². The summed E-state index contributed by atoms with van der Waals surface area (Å²) in [4.78, 5) is 18.1. The predicted molar refractivity (Wildman–Crippen MR) is 74.0 cm³/mol. The molecule has 0 aliphatic carbocycles. The molecule has 1 saturated heterocycles. The quantitative estimate of drug-likeness (QED) is 0.753. The van der Waals surface area contributed by atoms with Crippen molar-refractivity contribution in [1.82, 2.24) is 19.7 Å². The average molecular weight is 281 g/mol. The minimum Gasteiger partial charge on any atom is -0.378 e. The molecule has 0 bridgehead atoms. The highest BCUT2D eigenvalue weighted by molar-refractivity contribution is 5.80. The van der Waals surface area contributed by atoms with Crippen molar-refractivity contribution in [2.45, 2.75) is 38.3 Å². The number of likely N-dealkylation sites (tertiary alicyclic amines) is 1. The highest BCUT2D eigenvalue weighted by Crippen LogP contribution is 2.17. The maximum absolute atomic E-state index is 12.3. The van der Waals surface area contributed by atoms with E-state index in [1.54, 1.807) is 11.0 Å². The Morgan fingerprint density at radius 1 is 1.50 bits per heavy atom. The van der Waals surface area contributed by atoms with E-state index in [1.165, 1.54) is 6.33 Å². The van der Waals surface area contributed by atoms with E-state index >= 15 is 0 Å². The van der Waals surface area contributed by atoms with Gasteiger partial charge < -0.3 is 15.4 Å². The van der Waals surface area contributed by atoms with Crippen molar-refractivity contribution in [1.29, 1.82) is 0 Å². The zero-order valence-electron chi connectivity index (χ0n) is 11.9. The predicted octanol–water partition coefficient (Wildman–Crippen LogP) is 0.196. The lowest BCUT2D eigenvalue weighted by Gasteiger charge is -2.33. The largest absolute Gasteiger partial charge is 0.378 e. The number of aromatic nitrogens is 3. The van der Waals surface area contributed by atoms with Crippen LogP contribution >= 0.6 is 0 Å². The minimum atomic E-state index is -0.299. The number of hydrogen-bond donors (Lipinski definition) is 1. The van der Waals surface area contributed by atoms with Crippen LogP contribution in [0, 0.1) is 0 Å². The number of nitrogens with two attached hydrogens (primary N) is 1. The van der Waals surface area contributed by atoms with Crippen molar-refractivity contribution in [3.63, 3.8) is 0 Å². The molecule has 20 heavy (non-hydrogen) atoms. The monoisotopic (exact) mass is 281 g/mol. The van der Waals surface area contributed by atoms with Crippen LogP contribution in [0.25, 0.3) is 0 Å². The van der Waals surface area contributed by atoms with Crippen molar-refractivity contribution in [3.05, 3.63) is 12.7 Å². The van der Waals surface area contributed by atoms with Gasteiger partial charge in [0.1, 0.15) is 18.7 Å². The second-order valence-corrected chi connectivity index (χ2v) is 5.09. The van der Waals surface area contributed by atoms with Gasteiger partial charge in [0.05, 0.1) is 6.10 Å². The van der Waals surface area contributed by atoms with Crippen LogP contribution in [0.1, 0.15) is 32.2 Å². The van der Waals surface area contributed by atoms with Gasteiger partial charge >= 0.3 is 0 Å². The molecule has 0 saturated carbocycles. The van der Waals surface area contributed by atoms with Crippen molar-refractivity contribution >= 4 is 5.91 Å². The van der Waals surface area contributed by atoms with Crippen LogP contribution in [0.5, 0.6) is 0 Å². The van der Waals surface area contributed by atoms with Crippen LogP contribution < -0.4 is 5.73 Å². The molecule has 2 rings (SSSR count). The molecule has 0 aromatic carbocycles. The molecule has 2 N–H and O–H groups in total. The molecule has 1 atom stereocenters. The SMILES string of the molecule is CC(C(=O)N1CCC(OCCCN)CC1)n1cncn1. The Balaban J connectivity index is 1.77. The molecule has 0 spiro atoms. The summed E-state index contributed by atoms with van der Waals surface area (Å²) in [5.74, 6) is 0.0934. The summed E-state index contributed by atoms with van der Waals surface area (Å²) in [6.07, 6.45) is 5.95. The van der Waals surface area contributed by atoms with Gasteiger partial charge in [0.25, 0.3) is 0 Å². The second-order valence-electron chi connectivity index (χ2n) is 5.09. The van der Waals surface area contributed by atoms with Crippen molar-refractivity contribution < 1.29 is 9.53 Å². The average Bonchev–Trinajstić information content (AvgIpc) is 3.01.